The third-order valence-electron chi connectivity index (χ3n) is 4.37. The molecule has 4 aromatic rings. The van der Waals surface area contributed by atoms with Crippen molar-refractivity contribution >= 4 is 43.9 Å². The second-order valence-electron chi connectivity index (χ2n) is 6.60. The van der Waals surface area contributed by atoms with Gasteiger partial charge < -0.3 is 5.11 Å². The van der Waals surface area contributed by atoms with Crippen LogP contribution < -0.4 is 4.72 Å². The van der Waals surface area contributed by atoms with Crippen molar-refractivity contribution in [3.63, 3.8) is 0 Å². The fourth-order valence-corrected chi connectivity index (χ4v) is 4.98. The highest BCUT2D eigenvalue weighted by Crippen LogP contribution is 2.32. The predicted molar refractivity (Wildman–Crippen MR) is 117 cm³/mol. The zero-order valence-corrected chi connectivity index (χ0v) is 17.6. The van der Waals surface area contributed by atoms with Crippen molar-refractivity contribution in [1.29, 1.82) is 0 Å². The molecule has 0 bridgehead atoms. The van der Waals surface area contributed by atoms with E-state index in [1.807, 2.05) is 30.3 Å². The SMILES string of the molecule is CCCS(=O)(=O)Nc1ccc2c(-c3ccccc3)nn(-c3nc(C(=O)O)cs3)c2c1. The fourth-order valence-electron chi connectivity index (χ4n) is 3.09. The molecule has 0 spiro atoms. The van der Waals surface area contributed by atoms with E-state index in [2.05, 4.69) is 14.8 Å². The molecule has 0 atom stereocenters. The molecule has 0 unspecified atom stereocenters. The largest absolute Gasteiger partial charge is 0.476 e. The Kier molecular flexibility index (Phi) is 5.27. The van der Waals surface area contributed by atoms with E-state index in [4.69, 9.17) is 0 Å². The van der Waals surface area contributed by atoms with Crippen molar-refractivity contribution in [3.05, 3.63) is 59.6 Å². The zero-order chi connectivity index (χ0) is 21.3. The second-order valence-corrected chi connectivity index (χ2v) is 9.28. The van der Waals surface area contributed by atoms with E-state index in [-0.39, 0.29) is 11.4 Å². The number of carbonyl (C=O) groups is 1. The van der Waals surface area contributed by atoms with Gasteiger partial charge in [-0.3, -0.25) is 4.72 Å². The third kappa shape index (κ3) is 3.91. The number of rotatable bonds is 7. The van der Waals surface area contributed by atoms with E-state index in [0.29, 0.717) is 28.5 Å². The van der Waals surface area contributed by atoms with E-state index >= 15 is 0 Å². The Labute approximate surface area is 176 Å². The molecule has 2 aromatic heterocycles. The molecule has 2 N–H and O–H groups in total. The Hall–Kier alpha value is -3.24. The maximum atomic E-state index is 12.2. The first-order valence-corrected chi connectivity index (χ1v) is 11.7. The number of nitrogens with one attached hydrogen (secondary N) is 1. The zero-order valence-electron chi connectivity index (χ0n) is 15.9. The van der Waals surface area contributed by atoms with Crippen LogP contribution >= 0.6 is 11.3 Å². The van der Waals surface area contributed by atoms with Crippen molar-refractivity contribution in [2.75, 3.05) is 10.5 Å². The Morgan fingerprint density at radius 2 is 1.97 bits per heavy atom. The molecule has 4 rings (SSSR count). The van der Waals surface area contributed by atoms with Crippen LogP contribution in [-0.2, 0) is 10.0 Å². The molecule has 30 heavy (non-hydrogen) atoms. The number of aromatic nitrogens is 3. The molecule has 0 saturated heterocycles. The van der Waals surface area contributed by atoms with E-state index < -0.39 is 16.0 Å². The van der Waals surface area contributed by atoms with Crippen molar-refractivity contribution < 1.29 is 18.3 Å². The summed E-state index contributed by atoms with van der Waals surface area (Å²) in [7, 11) is -3.45. The summed E-state index contributed by atoms with van der Waals surface area (Å²) in [5, 5.41) is 16.5. The maximum Gasteiger partial charge on any atom is 0.355 e. The Bertz CT molecular complexity index is 1330. The van der Waals surface area contributed by atoms with Gasteiger partial charge in [-0.2, -0.15) is 5.10 Å². The highest BCUT2D eigenvalue weighted by atomic mass is 32.2. The lowest BCUT2D eigenvalue weighted by Crippen LogP contribution is -2.16. The minimum atomic E-state index is -3.45. The lowest BCUT2D eigenvalue weighted by Gasteiger charge is -2.07. The quantitative estimate of drug-likeness (QED) is 0.447. The molecule has 2 heterocycles. The van der Waals surface area contributed by atoms with Gasteiger partial charge in [0.25, 0.3) is 0 Å². The highest BCUT2D eigenvalue weighted by Gasteiger charge is 2.19. The summed E-state index contributed by atoms with van der Waals surface area (Å²) in [6.45, 7) is 1.80. The summed E-state index contributed by atoms with van der Waals surface area (Å²) in [4.78, 5) is 15.4. The Morgan fingerprint density at radius 1 is 1.20 bits per heavy atom. The first kappa shape index (κ1) is 20.0. The molecule has 0 amide bonds. The molecular weight excluding hydrogens is 424 g/mol. The molecule has 8 nitrogen and oxygen atoms in total. The Morgan fingerprint density at radius 3 is 2.63 bits per heavy atom. The molecule has 2 aromatic carbocycles. The van der Waals surface area contributed by atoms with Gasteiger partial charge in [0.05, 0.1) is 17.0 Å². The van der Waals surface area contributed by atoms with E-state index in [9.17, 15) is 18.3 Å². The summed E-state index contributed by atoms with van der Waals surface area (Å²) in [5.74, 6) is -1.10. The highest BCUT2D eigenvalue weighted by molar-refractivity contribution is 7.92. The molecule has 0 aliphatic rings. The van der Waals surface area contributed by atoms with E-state index in [0.717, 1.165) is 22.3 Å². The van der Waals surface area contributed by atoms with Crippen molar-refractivity contribution in [2.24, 2.45) is 0 Å². The van der Waals surface area contributed by atoms with Gasteiger partial charge >= 0.3 is 5.97 Å². The lowest BCUT2D eigenvalue weighted by molar-refractivity contribution is 0.0691. The van der Waals surface area contributed by atoms with Crippen LogP contribution in [0.25, 0.3) is 27.3 Å². The molecule has 0 aliphatic heterocycles. The minimum absolute atomic E-state index is 0.0218. The number of nitrogens with zero attached hydrogens (tertiary/aromatic N) is 3. The average Bonchev–Trinajstić information content (AvgIpc) is 3.33. The van der Waals surface area contributed by atoms with Gasteiger partial charge in [0.1, 0.15) is 5.69 Å². The van der Waals surface area contributed by atoms with Crippen LogP contribution in [0.15, 0.2) is 53.9 Å². The summed E-state index contributed by atoms with van der Waals surface area (Å²) in [6, 6.07) is 14.7. The number of sulfonamides is 1. The van der Waals surface area contributed by atoms with Crippen LogP contribution in [-0.4, -0.2) is 40.0 Å². The van der Waals surface area contributed by atoms with Crippen LogP contribution in [0.3, 0.4) is 0 Å². The second kappa shape index (κ2) is 7.88. The lowest BCUT2D eigenvalue weighted by atomic mass is 10.1. The van der Waals surface area contributed by atoms with Crippen LogP contribution in [0.4, 0.5) is 5.69 Å². The number of thiazole rings is 1. The summed E-state index contributed by atoms with van der Waals surface area (Å²) < 4.78 is 28.5. The van der Waals surface area contributed by atoms with Gasteiger partial charge in [-0.25, -0.2) is 22.9 Å². The number of carboxylic acids is 1. The van der Waals surface area contributed by atoms with Crippen LogP contribution in [0.5, 0.6) is 0 Å². The number of fused-ring (bicyclic) bond motifs is 1. The first-order valence-electron chi connectivity index (χ1n) is 9.16. The number of hydrogen-bond donors (Lipinski definition) is 2. The molecular formula is C20H18N4O4S2. The molecule has 0 saturated carbocycles. The number of anilines is 1. The van der Waals surface area contributed by atoms with Gasteiger partial charge in [0, 0.05) is 16.3 Å². The summed E-state index contributed by atoms with van der Waals surface area (Å²) in [5.41, 5.74) is 2.54. The van der Waals surface area contributed by atoms with E-state index in [1.54, 1.807) is 29.8 Å². The molecule has 0 radical (unpaired) electrons. The number of aromatic carboxylic acids is 1. The van der Waals surface area contributed by atoms with Crippen molar-refractivity contribution in [3.8, 4) is 16.4 Å². The van der Waals surface area contributed by atoms with Gasteiger partial charge in [-0.15, -0.1) is 11.3 Å². The smallest absolute Gasteiger partial charge is 0.355 e. The number of benzene rings is 2. The van der Waals surface area contributed by atoms with Crippen LogP contribution in [0, 0.1) is 0 Å². The third-order valence-corrected chi connectivity index (χ3v) is 6.68. The monoisotopic (exact) mass is 442 g/mol. The fraction of sp³-hybridized carbons (Fsp3) is 0.150. The van der Waals surface area contributed by atoms with Crippen LogP contribution in [0.2, 0.25) is 0 Å². The molecule has 154 valence electrons. The van der Waals surface area contributed by atoms with Gasteiger partial charge in [-0.05, 0) is 24.6 Å². The summed E-state index contributed by atoms with van der Waals surface area (Å²) in [6.07, 6.45) is 0.505. The topological polar surface area (TPSA) is 114 Å². The number of carboxylic acid groups (broad SMARTS) is 1. The van der Waals surface area contributed by atoms with Crippen molar-refractivity contribution in [2.45, 2.75) is 13.3 Å². The number of hydrogen-bond acceptors (Lipinski definition) is 6. The Balaban J connectivity index is 1.89. The van der Waals surface area contributed by atoms with Gasteiger partial charge in [0.15, 0.2) is 5.69 Å². The van der Waals surface area contributed by atoms with Crippen molar-refractivity contribution in [1.82, 2.24) is 14.8 Å². The van der Waals surface area contributed by atoms with Gasteiger partial charge in [0.2, 0.25) is 15.2 Å². The first-order chi connectivity index (χ1) is 14.4. The standard InChI is InChI=1S/C20H18N4O4S2/c1-2-10-30(27,28)23-14-8-9-15-17(11-14)24(20-21-16(12-29-20)19(25)26)22-18(15)13-6-4-3-5-7-13/h3-9,11-12,23H,2,10H2,1H3,(H,25,26). The molecule has 0 fully saturated rings. The maximum absolute atomic E-state index is 12.2. The van der Waals surface area contributed by atoms with E-state index in [1.165, 1.54) is 5.38 Å². The predicted octanol–water partition coefficient (Wildman–Crippen LogP) is 4.00. The van der Waals surface area contributed by atoms with Crippen LogP contribution in [0.1, 0.15) is 23.8 Å². The molecule has 10 heteroatoms. The normalized spacial score (nSPS) is 11.6. The summed E-state index contributed by atoms with van der Waals surface area (Å²) >= 11 is 1.15. The van der Waals surface area contributed by atoms with Gasteiger partial charge in [-0.1, -0.05) is 37.3 Å². The molecule has 0 aliphatic carbocycles. The average molecular weight is 443 g/mol. The minimum Gasteiger partial charge on any atom is -0.476 e.